The average Bonchev–Trinajstić information content (AvgIpc) is 0.841. The molecule has 30 nitrogen and oxygen atoms in total. The molecule has 2 saturated heterocycles. The van der Waals surface area contributed by atoms with Gasteiger partial charge in [-0.25, -0.2) is 0 Å². The number of carbonyl (C=O) groups excluding carboxylic acids is 8. The van der Waals surface area contributed by atoms with E-state index in [0.29, 0.717) is 84.1 Å². The molecular formula is C62H115N9O21. The molecule has 92 heavy (non-hydrogen) atoms. The zero-order chi connectivity index (χ0) is 67.8. The van der Waals surface area contributed by atoms with Gasteiger partial charge in [0.2, 0.25) is 41.4 Å². The second-order valence-electron chi connectivity index (χ2n) is 23.7. The molecule has 2 rings (SSSR count). The van der Waals surface area contributed by atoms with Gasteiger partial charge >= 0.3 is 0 Å². The van der Waals surface area contributed by atoms with Crippen LogP contribution in [0.15, 0.2) is 0 Å². The summed E-state index contributed by atoms with van der Waals surface area (Å²) >= 11 is 0. The Morgan fingerprint density at radius 1 is 0.446 bits per heavy atom. The van der Waals surface area contributed by atoms with Crippen molar-refractivity contribution < 1.29 is 102 Å². The van der Waals surface area contributed by atoms with Crippen LogP contribution in [0, 0.1) is 0 Å². The number of nitrogens with one attached hydrogen (secondary N) is 8. The minimum Gasteiger partial charge on any atom is -0.394 e. The molecule has 0 radical (unpaired) electrons. The van der Waals surface area contributed by atoms with Crippen LogP contribution in [-0.4, -0.2) is 256 Å². The SMILES string of the molecule is CCCCCCCCCCCCC(=O)NC(COCCC(=O)NCCCN)(COCCC(=O)NCCCNCC(=O)CCCCO[C@@H]1OC(CO)[C@@H](O)C(O)C1NC(C)=O)COCCC(=O)NCCCNC(=O)CCCCO[C@@H]1OC(CO)[C@@H](O)C(O)C1NC(C)=O. The van der Waals surface area contributed by atoms with Gasteiger partial charge in [-0.05, 0) is 64.5 Å². The highest BCUT2D eigenvalue weighted by atomic mass is 16.7. The van der Waals surface area contributed by atoms with Gasteiger partial charge in [0.15, 0.2) is 12.6 Å². The normalized spacial score (nSPS) is 22.0. The molecule has 0 aliphatic carbocycles. The zero-order valence-electron chi connectivity index (χ0n) is 54.9. The van der Waals surface area contributed by atoms with Gasteiger partial charge in [0.25, 0.3) is 0 Å². The van der Waals surface area contributed by atoms with Gasteiger partial charge in [-0.2, -0.15) is 0 Å². The summed E-state index contributed by atoms with van der Waals surface area (Å²) in [5.41, 5.74) is 4.30. The van der Waals surface area contributed by atoms with E-state index >= 15 is 0 Å². The van der Waals surface area contributed by atoms with Gasteiger partial charge in [-0.1, -0.05) is 64.7 Å². The molecule has 0 aromatic carbocycles. The first-order chi connectivity index (χ1) is 44.3. The average molecular weight is 1320 g/mol. The Kier molecular flexibility index (Phi) is 46.9. The molecule has 11 atom stereocenters. The lowest BCUT2D eigenvalue weighted by molar-refractivity contribution is -0.270. The molecule has 2 aliphatic heterocycles. The molecule has 0 spiro atoms. The monoisotopic (exact) mass is 1320 g/mol. The number of nitrogens with two attached hydrogens (primary N) is 1. The molecule has 0 saturated carbocycles. The van der Waals surface area contributed by atoms with Crippen LogP contribution >= 0.6 is 0 Å². The quantitative estimate of drug-likeness (QED) is 0.0305. The Labute approximate surface area is 543 Å². The number of rotatable bonds is 56. The van der Waals surface area contributed by atoms with Crippen molar-refractivity contribution in [1.29, 1.82) is 0 Å². The summed E-state index contributed by atoms with van der Waals surface area (Å²) in [5, 5.41) is 82.8. The summed E-state index contributed by atoms with van der Waals surface area (Å²) in [6.45, 7) is 5.68. The van der Waals surface area contributed by atoms with Gasteiger partial charge in [0.05, 0.1) is 59.4 Å². The van der Waals surface area contributed by atoms with Crippen molar-refractivity contribution >= 4 is 47.1 Å². The molecular weight excluding hydrogens is 1210 g/mol. The number of aliphatic hydroxyl groups is 6. The highest BCUT2D eigenvalue weighted by Crippen LogP contribution is 2.24. The number of ketones is 1. The van der Waals surface area contributed by atoms with Crippen LogP contribution in [-0.2, 0) is 71.5 Å². The van der Waals surface area contributed by atoms with Gasteiger partial charge < -0.3 is 112 Å². The lowest BCUT2D eigenvalue weighted by Gasteiger charge is -2.42. The van der Waals surface area contributed by atoms with E-state index in [1.54, 1.807) is 0 Å². The maximum Gasteiger partial charge on any atom is 0.222 e. The Balaban J connectivity index is 1.88. The fraction of sp³-hybridized carbons (Fsp3) is 0.871. The number of ether oxygens (including phenoxy) is 7. The molecule has 7 unspecified atom stereocenters. The second kappa shape index (κ2) is 51.7. The van der Waals surface area contributed by atoms with Crippen LogP contribution in [0.4, 0.5) is 0 Å². The van der Waals surface area contributed by atoms with Crippen molar-refractivity contribution in [3.05, 3.63) is 0 Å². The number of carbonyl (C=O) groups is 8. The Morgan fingerprint density at radius 2 is 0.826 bits per heavy atom. The van der Waals surface area contributed by atoms with Crippen LogP contribution in [0.2, 0.25) is 0 Å². The van der Waals surface area contributed by atoms with Crippen LogP contribution in [0.5, 0.6) is 0 Å². The number of unbranched alkanes of at least 4 members (excludes halogenated alkanes) is 11. The molecule has 0 aromatic rings. The summed E-state index contributed by atoms with van der Waals surface area (Å²) in [4.78, 5) is 100. The van der Waals surface area contributed by atoms with E-state index in [1.807, 2.05) is 0 Å². The van der Waals surface area contributed by atoms with E-state index in [4.69, 9.17) is 38.9 Å². The van der Waals surface area contributed by atoms with E-state index in [9.17, 15) is 69.0 Å². The van der Waals surface area contributed by atoms with E-state index in [0.717, 1.165) is 25.7 Å². The van der Waals surface area contributed by atoms with E-state index in [-0.39, 0.29) is 140 Å². The van der Waals surface area contributed by atoms with E-state index in [2.05, 4.69) is 49.5 Å². The molecule has 2 heterocycles. The smallest absolute Gasteiger partial charge is 0.222 e. The largest absolute Gasteiger partial charge is 0.394 e. The predicted molar refractivity (Wildman–Crippen MR) is 337 cm³/mol. The van der Waals surface area contributed by atoms with Crippen molar-refractivity contribution in [2.24, 2.45) is 5.73 Å². The lowest BCUT2D eigenvalue weighted by Crippen LogP contribution is -2.64. The topological polar surface area (TPSA) is 445 Å². The maximum atomic E-state index is 13.7. The lowest BCUT2D eigenvalue weighted by atomic mass is 9.97. The number of hydrogen-bond donors (Lipinski definition) is 15. The first kappa shape index (κ1) is 83.5. The molecule has 0 aromatic heterocycles. The second-order valence-corrected chi connectivity index (χ2v) is 23.7. The first-order valence-electron chi connectivity index (χ1n) is 33.4. The van der Waals surface area contributed by atoms with E-state index in [1.165, 1.54) is 46.0 Å². The third-order valence-corrected chi connectivity index (χ3v) is 15.3. The van der Waals surface area contributed by atoms with Gasteiger partial charge in [-0.15, -0.1) is 0 Å². The molecule has 0 bridgehead atoms. The minimum atomic E-state index is -1.43. The first-order valence-corrected chi connectivity index (χ1v) is 33.4. The number of amides is 7. The molecule has 16 N–H and O–H groups in total. The van der Waals surface area contributed by atoms with E-state index < -0.39 is 91.9 Å². The third-order valence-electron chi connectivity index (χ3n) is 15.3. The van der Waals surface area contributed by atoms with Crippen molar-refractivity contribution in [1.82, 2.24) is 42.5 Å². The summed E-state index contributed by atoms with van der Waals surface area (Å²) in [5.74, 6) is -2.26. The molecule has 7 amide bonds. The predicted octanol–water partition coefficient (Wildman–Crippen LogP) is -1.61. The highest BCUT2D eigenvalue weighted by Gasteiger charge is 2.46. The van der Waals surface area contributed by atoms with Crippen molar-refractivity contribution in [2.75, 3.05) is 112 Å². The number of hydrogen-bond acceptors (Lipinski definition) is 23. The summed E-state index contributed by atoms with van der Waals surface area (Å²) in [6.07, 6.45) is 4.88. The molecule has 2 fully saturated rings. The third kappa shape index (κ3) is 38.0. The van der Waals surface area contributed by atoms with Crippen molar-refractivity contribution in [3.8, 4) is 0 Å². The van der Waals surface area contributed by atoms with Gasteiger partial charge in [0, 0.05) is 91.8 Å². The Bertz CT molecular complexity index is 2060. The Morgan fingerprint density at radius 3 is 1.25 bits per heavy atom. The van der Waals surface area contributed by atoms with Crippen LogP contribution < -0.4 is 48.3 Å². The van der Waals surface area contributed by atoms with Crippen LogP contribution in [0.1, 0.15) is 168 Å². The summed E-state index contributed by atoms with van der Waals surface area (Å²) in [7, 11) is 0. The summed E-state index contributed by atoms with van der Waals surface area (Å²) in [6, 6.07) is -2.12. The molecule has 534 valence electrons. The molecule has 30 heteroatoms. The highest BCUT2D eigenvalue weighted by molar-refractivity contribution is 5.80. The Hall–Kier alpha value is -4.64. The summed E-state index contributed by atoms with van der Waals surface area (Å²) < 4.78 is 40.7. The van der Waals surface area contributed by atoms with Gasteiger partial charge in [-0.3, -0.25) is 38.4 Å². The fourth-order valence-corrected chi connectivity index (χ4v) is 10.1. The molecule has 2 aliphatic rings. The standard InChI is InChI=1S/C62H115N9O21/c1-4-5-6-7-8-9-10-11-12-13-23-53(81)71-62(41-86-35-24-50(78)65-29-18-27-63,43-88-37-26-52(80)68-32-20-31-66-49(77)22-15-17-34-90-61-55(70-45(3)75)59(85)57(83)48(40-73)92-61)42-87-36-25-51(79)67-30-19-28-64-38-46(76)21-14-16-33-89-60-54(69-44(2)74)58(84)56(82)47(39-72)91-60/h47-48,54-61,64,72-73,82-85H,4-43,63H2,1-3H3,(H,65,78)(H,66,77)(H,67,79)(H,68,80)(H,69,74)(H,70,75)(H,71,81)/t47?,48?,54?,55?,56-,57-,58?,59?,60-,61-,62?/m1/s1. The van der Waals surface area contributed by atoms with Crippen molar-refractivity contribution in [2.45, 2.75) is 235 Å². The number of Topliss-reactive ketones (excluding diaryl/α,β-unsaturated/α-hetero) is 1. The van der Waals surface area contributed by atoms with Gasteiger partial charge in [0.1, 0.15) is 60.0 Å². The van der Waals surface area contributed by atoms with Crippen LogP contribution in [0.25, 0.3) is 0 Å². The number of aliphatic hydroxyl groups excluding tert-OH is 6. The maximum absolute atomic E-state index is 13.7. The zero-order valence-corrected chi connectivity index (χ0v) is 54.9. The van der Waals surface area contributed by atoms with Crippen molar-refractivity contribution in [3.63, 3.8) is 0 Å². The fourth-order valence-electron chi connectivity index (χ4n) is 10.1. The minimum absolute atomic E-state index is 0.0123. The van der Waals surface area contributed by atoms with Crippen LogP contribution in [0.3, 0.4) is 0 Å².